The Morgan fingerprint density at radius 3 is 2.53 bits per heavy atom. The third-order valence-corrected chi connectivity index (χ3v) is 2.91. The van der Waals surface area contributed by atoms with E-state index >= 15 is 0 Å². The van der Waals surface area contributed by atoms with Gasteiger partial charge in [0, 0.05) is 24.3 Å². The first kappa shape index (κ1) is 12.3. The molecule has 1 aromatic heterocycles. The Hall–Kier alpha value is -1.17. The number of rotatable bonds is 1. The molecule has 2 atom stereocenters. The highest BCUT2D eigenvalue weighted by atomic mass is 35.5. The van der Waals surface area contributed by atoms with Gasteiger partial charge in [0.1, 0.15) is 5.15 Å². The molecule has 92 valence electrons. The number of likely N-dealkylation sites (tertiary alicyclic amines) is 1. The number of amides is 1. The van der Waals surface area contributed by atoms with E-state index in [4.69, 9.17) is 11.6 Å². The van der Waals surface area contributed by atoms with E-state index in [1.54, 1.807) is 13.0 Å². The van der Waals surface area contributed by atoms with Crippen molar-refractivity contribution in [2.75, 3.05) is 13.1 Å². The van der Waals surface area contributed by atoms with Crippen molar-refractivity contribution < 1.29 is 15.0 Å². The van der Waals surface area contributed by atoms with Gasteiger partial charge in [-0.15, -0.1) is 0 Å². The Labute approximate surface area is 104 Å². The zero-order valence-electron chi connectivity index (χ0n) is 9.30. The summed E-state index contributed by atoms with van der Waals surface area (Å²) in [5.41, 5.74) is 1.07. The number of nitrogens with zero attached hydrogens (tertiary/aromatic N) is 2. The van der Waals surface area contributed by atoms with Gasteiger partial charge in [-0.2, -0.15) is 0 Å². The number of hydrogen-bond donors (Lipinski definition) is 2. The molecule has 1 aromatic rings. The standard InChI is InChI=1S/C11H13ClN2O3/c1-6-2-7(3-10(12)13-6)11(17)14-4-8(15)9(16)5-14/h2-3,8-9,15-16H,4-5H2,1H3. The lowest BCUT2D eigenvalue weighted by atomic mass is 10.2. The van der Waals surface area contributed by atoms with E-state index in [9.17, 15) is 15.0 Å². The predicted molar refractivity (Wildman–Crippen MR) is 61.9 cm³/mol. The van der Waals surface area contributed by atoms with E-state index in [1.165, 1.54) is 11.0 Å². The molecule has 0 aromatic carbocycles. The van der Waals surface area contributed by atoms with Gasteiger partial charge in [-0.25, -0.2) is 4.98 Å². The van der Waals surface area contributed by atoms with Crippen molar-refractivity contribution in [2.24, 2.45) is 0 Å². The van der Waals surface area contributed by atoms with E-state index in [2.05, 4.69) is 4.98 Å². The van der Waals surface area contributed by atoms with Crippen LogP contribution in [0.5, 0.6) is 0 Å². The SMILES string of the molecule is Cc1cc(C(=O)N2CC(O)C(O)C2)cc(Cl)n1. The lowest BCUT2D eigenvalue weighted by molar-refractivity contribution is 0.0572. The first-order valence-corrected chi connectivity index (χ1v) is 5.65. The molecule has 0 radical (unpaired) electrons. The maximum Gasteiger partial charge on any atom is 0.254 e. The van der Waals surface area contributed by atoms with Gasteiger partial charge in [0.05, 0.1) is 12.2 Å². The Balaban J connectivity index is 2.20. The molecule has 1 aliphatic heterocycles. The van der Waals surface area contributed by atoms with Gasteiger partial charge in [0.15, 0.2) is 0 Å². The molecule has 0 bridgehead atoms. The number of β-amino-alcohol motifs (C(OH)–C–C–N with tert-alkyl or cyclic N) is 2. The third kappa shape index (κ3) is 2.57. The fourth-order valence-corrected chi connectivity index (χ4v) is 2.12. The highest BCUT2D eigenvalue weighted by molar-refractivity contribution is 6.29. The van der Waals surface area contributed by atoms with Crippen LogP contribution in [0.15, 0.2) is 12.1 Å². The van der Waals surface area contributed by atoms with Crippen molar-refractivity contribution in [3.8, 4) is 0 Å². The van der Waals surface area contributed by atoms with Gasteiger partial charge in [0.25, 0.3) is 5.91 Å². The Morgan fingerprint density at radius 1 is 1.41 bits per heavy atom. The zero-order valence-corrected chi connectivity index (χ0v) is 10.1. The number of aromatic nitrogens is 1. The van der Waals surface area contributed by atoms with Gasteiger partial charge in [0.2, 0.25) is 0 Å². The first-order chi connectivity index (χ1) is 7.97. The van der Waals surface area contributed by atoms with Crippen molar-refractivity contribution in [1.29, 1.82) is 0 Å². The first-order valence-electron chi connectivity index (χ1n) is 5.27. The van der Waals surface area contributed by atoms with Gasteiger partial charge in [-0.05, 0) is 19.1 Å². The number of aryl methyl sites for hydroxylation is 1. The number of halogens is 1. The highest BCUT2D eigenvalue weighted by Gasteiger charge is 2.33. The summed E-state index contributed by atoms with van der Waals surface area (Å²) in [5, 5.41) is 19.0. The maximum atomic E-state index is 12.1. The molecule has 1 fully saturated rings. The summed E-state index contributed by atoms with van der Waals surface area (Å²) < 4.78 is 0. The monoisotopic (exact) mass is 256 g/mol. The third-order valence-electron chi connectivity index (χ3n) is 2.72. The molecule has 1 saturated heterocycles. The smallest absolute Gasteiger partial charge is 0.254 e. The van der Waals surface area contributed by atoms with Crippen LogP contribution in [0, 0.1) is 6.92 Å². The normalized spacial score (nSPS) is 24.1. The molecule has 1 aliphatic rings. The fourth-order valence-electron chi connectivity index (χ4n) is 1.87. The van der Waals surface area contributed by atoms with Gasteiger partial charge >= 0.3 is 0 Å². The Kier molecular flexibility index (Phi) is 3.33. The quantitative estimate of drug-likeness (QED) is 0.705. The number of aliphatic hydroxyl groups excluding tert-OH is 2. The van der Waals surface area contributed by atoms with Crippen LogP contribution >= 0.6 is 11.6 Å². The van der Waals surface area contributed by atoms with E-state index in [1.807, 2.05) is 0 Å². The second-order valence-electron chi connectivity index (χ2n) is 4.16. The fraction of sp³-hybridized carbons (Fsp3) is 0.455. The van der Waals surface area contributed by atoms with Crippen molar-refractivity contribution in [3.63, 3.8) is 0 Å². The molecule has 2 unspecified atom stereocenters. The van der Waals surface area contributed by atoms with E-state index in [0.717, 1.165) is 0 Å². The lowest BCUT2D eigenvalue weighted by Crippen LogP contribution is -2.29. The summed E-state index contributed by atoms with van der Waals surface area (Å²) >= 11 is 5.78. The minimum Gasteiger partial charge on any atom is -0.388 e. The van der Waals surface area contributed by atoms with Crippen LogP contribution in [-0.2, 0) is 0 Å². The molecule has 6 heteroatoms. The molecular formula is C11H13ClN2O3. The molecule has 2 N–H and O–H groups in total. The topological polar surface area (TPSA) is 73.7 Å². The van der Waals surface area contributed by atoms with E-state index in [0.29, 0.717) is 11.3 Å². The van der Waals surface area contributed by atoms with E-state index < -0.39 is 12.2 Å². The van der Waals surface area contributed by atoms with Gasteiger partial charge in [-0.3, -0.25) is 4.79 Å². The maximum absolute atomic E-state index is 12.1. The molecule has 0 saturated carbocycles. The minimum absolute atomic E-state index is 0.138. The second kappa shape index (κ2) is 4.60. The van der Waals surface area contributed by atoms with Crippen LogP contribution in [0.2, 0.25) is 5.15 Å². The summed E-state index contributed by atoms with van der Waals surface area (Å²) in [6.45, 7) is 2.02. The molecular weight excluding hydrogens is 244 g/mol. The lowest BCUT2D eigenvalue weighted by Gasteiger charge is -2.15. The van der Waals surface area contributed by atoms with Crippen molar-refractivity contribution in [3.05, 3.63) is 28.5 Å². The summed E-state index contributed by atoms with van der Waals surface area (Å²) in [6, 6.07) is 3.11. The van der Waals surface area contributed by atoms with Gasteiger partial charge < -0.3 is 15.1 Å². The van der Waals surface area contributed by atoms with Crippen molar-refractivity contribution in [1.82, 2.24) is 9.88 Å². The average Bonchev–Trinajstić information content (AvgIpc) is 2.57. The van der Waals surface area contributed by atoms with E-state index in [-0.39, 0.29) is 24.1 Å². The molecule has 0 spiro atoms. The average molecular weight is 257 g/mol. The van der Waals surface area contributed by atoms with Crippen molar-refractivity contribution >= 4 is 17.5 Å². The molecule has 17 heavy (non-hydrogen) atoms. The Morgan fingerprint density at radius 2 is 2.00 bits per heavy atom. The number of pyridine rings is 1. The summed E-state index contributed by atoms with van der Waals surface area (Å²) in [4.78, 5) is 17.4. The van der Waals surface area contributed by atoms with Crippen LogP contribution in [0.3, 0.4) is 0 Å². The van der Waals surface area contributed by atoms with Crippen LogP contribution < -0.4 is 0 Å². The number of carbonyl (C=O) groups excluding carboxylic acids is 1. The zero-order chi connectivity index (χ0) is 12.6. The number of carbonyl (C=O) groups is 1. The molecule has 2 heterocycles. The number of hydrogen-bond acceptors (Lipinski definition) is 4. The van der Waals surface area contributed by atoms with Crippen LogP contribution in [-0.4, -0.2) is 51.3 Å². The van der Waals surface area contributed by atoms with Crippen molar-refractivity contribution in [2.45, 2.75) is 19.1 Å². The summed E-state index contributed by atoms with van der Waals surface area (Å²) in [6.07, 6.45) is -1.75. The predicted octanol–water partition coefficient (Wildman–Crippen LogP) is 0.221. The van der Waals surface area contributed by atoms with Crippen LogP contribution in [0.25, 0.3) is 0 Å². The molecule has 5 nitrogen and oxygen atoms in total. The molecule has 2 rings (SSSR count). The van der Waals surface area contributed by atoms with Crippen LogP contribution in [0.1, 0.15) is 16.1 Å². The summed E-state index contributed by atoms with van der Waals surface area (Å²) in [5.74, 6) is -0.256. The summed E-state index contributed by atoms with van der Waals surface area (Å²) in [7, 11) is 0. The number of aliphatic hydroxyl groups is 2. The second-order valence-corrected chi connectivity index (χ2v) is 4.55. The largest absolute Gasteiger partial charge is 0.388 e. The molecule has 1 amide bonds. The molecule has 0 aliphatic carbocycles. The highest BCUT2D eigenvalue weighted by Crippen LogP contribution is 2.17. The van der Waals surface area contributed by atoms with Gasteiger partial charge in [-0.1, -0.05) is 11.6 Å². The van der Waals surface area contributed by atoms with Crippen LogP contribution in [0.4, 0.5) is 0 Å². The minimum atomic E-state index is -0.877. The Bertz CT molecular complexity index is 422.